The molecule has 0 fully saturated rings. The molecule has 0 aliphatic carbocycles. The monoisotopic (exact) mass is 712 g/mol. The number of nitrogens with zero attached hydrogens (tertiary/aromatic N) is 2. The lowest BCUT2D eigenvalue weighted by Gasteiger charge is -2.43. The molecule has 52 heavy (non-hydrogen) atoms. The number of likely N-dealkylation sites (N-methyl/N-ethyl adjacent to an activating group) is 2. The summed E-state index contributed by atoms with van der Waals surface area (Å²) in [7, 11) is 17.6. The molecule has 0 amide bonds. The van der Waals surface area contributed by atoms with Gasteiger partial charge in [-0.05, 0) is 47.5 Å². The molecule has 3 heterocycles. The van der Waals surface area contributed by atoms with Gasteiger partial charge in [-0.2, -0.15) is 0 Å². The van der Waals surface area contributed by atoms with Crippen LogP contribution >= 0.6 is 0 Å². The smallest absolute Gasteiger partial charge is 0.231 e. The van der Waals surface area contributed by atoms with Crippen molar-refractivity contribution < 1.29 is 46.9 Å². The Morgan fingerprint density at radius 1 is 0.577 bits per heavy atom. The van der Waals surface area contributed by atoms with Gasteiger partial charge in [0.15, 0.2) is 34.5 Å². The highest BCUT2D eigenvalue weighted by molar-refractivity contribution is 5.62. The van der Waals surface area contributed by atoms with Gasteiger partial charge in [0, 0.05) is 47.9 Å². The minimum atomic E-state index is 0.158. The summed E-state index contributed by atoms with van der Waals surface area (Å²) >= 11 is 0. The Bertz CT molecular complexity index is 1960. The van der Waals surface area contributed by atoms with E-state index in [-0.39, 0.29) is 18.9 Å². The first kappa shape index (κ1) is 35.6. The molecule has 0 saturated heterocycles. The number of ether oxygens (including phenoxy) is 8. The van der Waals surface area contributed by atoms with Gasteiger partial charge >= 0.3 is 0 Å². The van der Waals surface area contributed by atoms with Crippen LogP contribution in [0.15, 0.2) is 54.6 Å². The highest BCUT2D eigenvalue weighted by Gasteiger charge is 2.41. The summed E-state index contributed by atoms with van der Waals surface area (Å²) in [5.41, 5.74) is 7.25. The first-order chi connectivity index (χ1) is 25.0. The minimum absolute atomic E-state index is 0.158. The molecule has 0 saturated carbocycles. The molecule has 3 aliphatic rings. The fourth-order valence-corrected chi connectivity index (χ4v) is 8.40. The van der Waals surface area contributed by atoms with Crippen LogP contribution in [0, 0.1) is 0 Å². The van der Waals surface area contributed by atoms with Crippen LogP contribution in [0.25, 0.3) is 0 Å². The molecule has 7 rings (SSSR count). The van der Waals surface area contributed by atoms with E-state index in [1.807, 2.05) is 6.07 Å². The van der Waals surface area contributed by atoms with Gasteiger partial charge in [-0.3, -0.25) is 0 Å². The molecule has 0 unspecified atom stereocenters. The summed E-state index contributed by atoms with van der Waals surface area (Å²) in [4.78, 5) is 0. The van der Waals surface area contributed by atoms with E-state index in [1.165, 1.54) is 27.8 Å². The second-order valence-corrected chi connectivity index (χ2v) is 15.1. The van der Waals surface area contributed by atoms with Crippen molar-refractivity contribution >= 4 is 0 Å². The normalized spacial score (nSPS) is 19.2. The van der Waals surface area contributed by atoms with Gasteiger partial charge in [-0.1, -0.05) is 18.2 Å². The van der Waals surface area contributed by atoms with Crippen LogP contribution in [0.1, 0.15) is 45.5 Å². The van der Waals surface area contributed by atoms with E-state index in [9.17, 15) is 0 Å². The van der Waals surface area contributed by atoms with Crippen molar-refractivity contribution in [2.45, 2.75) is 37.8 Å². The van der Waals surface area contributed by atoms with Gasteiger partial charge in [0.2, 0.25) is 18.3 Å². The second kappa shape index (κ2) is 14.0. The minimum Gasteiger partial charge on any atom is -0.493 e. The number of fused-ring (bicyclic) bond motifs is 3. The Morgan fingerprint density at radius 2 is 1.15 bits per heavy atom. The van der Waals surface area contributed by atoms with Crippen molar-refractivity contribution in [3.63, 3.8) is 0 Å². The molecule has 0 spiro atoms. The Kier molecular flexibility index (Phi) is 9.56. The Balaban J connectivity index is 1.14. The van der Waals surface area contributed by atoms with Crippen LogP contribution < -0.4 is 37.9 Å². The number of benzene rings is 4. The lowest BCUT2D eigenvalue weighted by molar-refractivity contribution is -0.923. The van der Waals surface area contributed by atoms with Gasteiger partial charge < -0.3 is 46.9 Å². The molecular weight excluding hydrogens is 660 g/mol. The van der Waals surface area contributed by atoms with E-state index in [0.29, 0.717) is 23.0 Å². The second-order valence-electron chi connectivity index (χ2n) is 15.1. The van der Waals surface area contributed by atoms with E-state index in [1.54, 1.807) is 35.5 Å². The van der Waals surface area contributed by atoms with Crippen molar-refractivity contribution in [2.24, 2.45) is 0 Å². The lowest BCUT2D eigenvalue weighted by atomic mass is 9.86. The quantitative estimate of drug-likeness (QED) is 0.153. The first-order valence-electron chi connectivity index (χ1n) is 17.9. The molecule has 0 bridgehead atoms. The van der Waals surface area contributed by atoms with E-state index < -0.39 is 0 Å². The Morgan fingerprint density at radius 3 is 1.77 bits per heavy atom. The van der Waals surface area contributed by atoms with Gasteiger partial charge in [0.05, 0.1) is 76.8 Å². The fourth-order valence-electron chi connectivity index (χ4n) is 8.40. The third kappa shape index (κ3) is 6.32. The molecule has 4 aromatic rings. The van der Waals surface area contributed by atoms with E-state index in [2.05, 4.69) is 76.7 Å². The zero-order valence-corrected chi connectivity index (χ0v) is 32.0. The van der Waals surface area contributed by atoms with Crippen LogP contribution in [0.2, 0.25) is 0 Å². The van der Waals surface area contributed by atoms with Gasteiger partial charge in [0.25, 0.3) is 0 Å². The van der Waals surface area contributed by atoms with Crippen molar-refractivity contribution in [3.05, 3.63) is 88.0 Å². The Labute approximate surface area is 307 Å². The maximum absolute atomic E-state index is 6.54. The molecule has 3 aliphatic heterocycles. The molecule has 10 heteroatoms. The summed E-state index contributed by atoms with van der Waals surface area (Å²) in [6.45, 7) is 2.19. The van der Waals surface area contributed by atoms with Crippen LogP contribution in [0.4, 0.5) is 0 Å². The van der Waals surface area contributed by atoms with Gasteiger partial charge in [-0.25, -0.2) is 0 Å². The van der Waals surface area contributed by atoms with Gasteiger partial charge in [-0.15, -0.1) is 0 Å². The van der Waals surface area contributed by atoms with E-state index in [0.717, 1.165) is 82.0 Å². The standard InChI is InChI=1S/C42H52N2O8/c1-43(2)19-17-30-32(24-38-42(40(30)48-8)51-25-50-38)33(43)20-26-10-13-28(14-11-26)52-36-22-27(12-15-35(36)45-5)21-34-31-23-37(46-6)41(49-9)39(47-7)29(31)16-18-44(34,3)4/h10-15,22-24,33-34H,16-21,25H2,1-9H3/q+2/t33-,34-/m1/s1. The van der Waals surface area contributed by atoms with Crippen LogP contribution in [0.3, 0.4) is 0 Å². The van der Waals surface area contributed by atoms with Crippen molar-refractivity contribution in [3.8, 4) is 51.7 Å². The van der Waals surface area contributed by atoms with Crippen molar-refractivity contribution in [1.82, 2.24) is 0 Å². The maximum atomic E-state index is 6.54. The maximum Gasteiger partial charge on any atom is 0.231 e. The number of hydrogen-bond acceptors (Lipinski definition) is 8. The summed E-state index contributed by atoms with van der Waals surface area (Å²) in [5, 5.41) is 0. The summed E-state index contributed by atoms with van der Waals surface area (Å²) in [5.74, 6) is 6.48. The van der Waals surface area contributed by atoms with Crippen molar-refractivity contribution in [1.29, 1.82) is 0 Å². The zero-order valence-electron chi connectivity index (χ0n) is 32.0. The lowest BCUT2D eigenvalue weighted by Crippen LogP contribution is -2.48. The van der Waals surface area contributed by atoms with Crippen LogP contribution in [-0.2, 0) is 25.7 Å². The molecule has 2 atom stereocenters. The molecule has 4 aromatic carbocycles. The number of quaternary nitrogens is 2. The third-order valence-corrected chi connectivity index (χ3v) is 11.4. The molecular formula is C42H52N2O8+2. The van der Waals surface area contributed by atoms with Crippen molar-refractivity contribution in [2.75, 3.05) is 83.6 Å². The Hall–Kier alpha value is -4.80. The van der Waals surface area contributed by atoms with E-state index >= 15 is 0 Å². The molecule has 0 N–H and O–H groups in total. The predicted octanol–water partition coefficient (Wildman–Crippen LogP) is 7.08. The summed E-state index contributed by atoms with van der Waals surface area (Å²) in [6, 6.07) is 19.3. The van der Waals surface area contributed by atoms with E-state index in [4.69, 9.17) is 37.9 Å². The topological polar surface area (TPSA) is 73.8 Å². The number of rotatable bonds is 11. The summed E-state index contributed by atoms with van der Waals surface area (Å²) < 4.78 is 48.8. The third-order valence-electron chi connectivity index (χ3n) is 11.4. The first-order valence-corrected chi connectivity index (χ1v) is 17.9. The summed E-state index contributed by atoms with van der Waals surface area (Å²) in [6.07, 6.45) is 3.46. The number of methoxy groups -OCH3 is 5. The van der Waals surface area contributed by atoms with Crippen LogP contribution in [0.5, 0.6) is 51.7 Å². The van der Waals surface area contributed by atoms with Gasteiger partial charge in [0.1, 0.15) is 17.8 Å². The molecule has 0 radical (unpaired) electrons. The molecule has 10 nitrogen and oxygen atoms in total. The number of hydrogen-bond donors (Lipinski definition) is 0. The SMILES string of the molecule is COc1ccc(C[C@@H]2c3cc(OC)c(OC)c(OC)c3CC[N+]2(C)C)cc1Oc1ccc(C[C@@H]2c3cc4c(c(OC)c3CC[N+]2(C)C)OCO4)cc1. The van der Waals surface area contributed by atoms with Crippen LogP contribution in [-0.4, -0.2) is 92.6 Å². The highest BCUT2D eigenvalue weighted by atomic mass is 16.7. The predicted molar refractivity (Wildman–Crippen MR) is 199 cm³/mol. The zero-order chi connectivity index (χ0) is 36.8. The highest BCUT2D eigenvalue weighted by Crippen LogP contribution is 2.51. The fraction of sp³-hybridized carbons (Fsp3) is 0.429. The average molecular weight is 713 g/mol. The largest absolute Gasteiger partial charge is 0.493 e. The molecule has 276 valence electrons. The molecule has 0 aromatic heterocycles. The average Bonchev–Trinajstić information content (AvgIpc) is 3.61.